The lowest BCUT2D eigenvalue weighted by atomic mass is 9.85. The highest BCUT2D eigenvalue weighted by Crippen LogP contribution is 2.37. The summed E-state index contributed by atoms with van der Waals surface area (Å²) in [6.45, 7) is 4.23. The van der Waals surface area contributed by atoms with Crippen molar-refractivity contribution in [1.29, 1.82) is 0 Å². The Morgan fingerprint density at radius 3 is 2.19 bits per heavy atom. The topological polar surface area (TPSA) is 12.0 Å². The van der Waals surface area contributed by atoms with Gasteiger partial charge in [-0.05, 0) is 39.0 Å². The smallest absolute Gasteiger partial charge is 0.312 e. The van der Waals surface area contributed by atoms with Crippen molar-refractivity contribution < 1.29 is 13.2 Å². The van der Waals surface area contributed by atoms with Gasteiger partial charge >= 0.3 is 6.18 Å². The first-order chi connectivity index (χ1) is 7.43. The molecule has 0 saturated heterocycles. The zero-order chi connectivity index (χ0) is 12.2. The van der Waals surface area contributed by atoms with Crippen LogP contribution in [0.25, 0.3) is 0 Å². The molecule has 0 radical (unpaired) electrons. The minimum Gasteiger partial charge on any atom is -0.312 e. The van der Waals surface area contributed by atoms with E-state index in [0.29, 0.717) is 37.8 Å². The summed E-state index contributed by atoms with van der Waals surface area (Å²) in [6, 6.07) is 0.720. The van der Waals surface area contributed by atoms with Gasteiger partial charge in [-0.15, -0.1) is 0 Å². The molecular formula is C12H22F3N. The van der Waals surface area contributed by atoms with Gasteiger partial charge in [-0.2, -0.15) is 13.2 Å². The summed E-state index contributed by atoms with van der Waals surface area (Å²) < 4.78 is 37.3. The molecule has 1 N–H and O–H groups in total. The number of halogens is 3. The summed E-state index contributed by atoms with van der Waals surface area (Å²) >= 11 is 0. The van der Waals surface area contributed by atoms with E-state index in [1.165, 1.54) is 0 Å². The minimum atomic E-state index is -3.99. The van der Waals surface area contributed by atoms with Gasteiger partial charge in [0.05, 0.1) is 5.92 Å². The Morgan fingerprint density at radius 1 is 1.19 bits per heavy atom. The average molecular weight is 237 g/mol. The Hall–Kier alpha value is -0.250. The van der Waals surface area contributed by atoms with Gasteiger partial charge in [-0.25, -0.2) is 0 Å². The maximum atomic E-state index is 12.4. The lowest BCUT2D eigenvalue weighted by Crippen LogP contribution is -2.41. The van der Waals surface area contributed by atoms with Gasteiger partial charge in [-0.1, -0.05) is 13.3 Å². The highest BCUT2D eigenvalue weighted by Gasteiger charge is 2.41. The molecule has 1 saturated carbocycles. The molecule has 0 spiro atoms. The Kier molecular flexibility index (Phi) is 5.09. The van der Waals surface area contributed by atoms with E-state index in [0.717, 1.165) is 12.8 Å². The molecular weight excluding hydrogens is 215 g/mol. The summed E-state index contributed by atoms with van der Waals surface area (Å²) in [5, 5.41) is 3.42. The molecule has 1 aliphatic carbocycles. The second kappa shape index (κ2) is 5.89. The molecule has 1 aliphatic rings. The lowest BCUT2D eigenvalue weighted by molar-refractivity contribution is -0.182. The normalized spacial score (nSPS) is 29.1. The van der Waals surface area contributed by atoms with Crippen LogP contribution in [0, 0.1) is 5.92 Å². The summed E-state index contributed by atoms with van der Waals surface area (Å²) in [4.78, 5) is 0. The molecule has 0 aromatic rings. The molecule has 4 heteroatoms. The van der Waals surface area contributed by atoms with Gasteiger partial charge in [0, 0.05) is 12.1 Å². The predicted molar refractivity (Wildman–Crippen MR) is 59.3 cm³/mol. The quantitative estimate of drug-likeness (QED) is 0.782. The fourth-order valence-electron chi connectivity index (χ4n) is 2.51. The molecule has 0 aliphatic heterocycles. The minimum absolute atomic E-state index is 0.292. The van der Waals surface area contributed by atoms with Crippen LogP contribution >= 0.6 is 0 Å². The fourth-order valence-corrected chi connectivity index (χ4v) is 2.51. The van der Waals surface area contributed by atoms with E-state index in [1.54, 1.807) is 0 Å². The van der Waals surface area contributed by atoms with Crippen LogP contribution in [0.1, 0.15) is 52.4 Å². The molecule has 0 amide bonds. The van der Waals surface area contributed by atoms with Gasteiger partial charge in [0.2, 0.25) is 0 Å². The number of hydrogen-bond acceptors (Lipinski definition) is 1. The molecule has 0 aromatic carbocycles. The highest BCUT2D eigenvalue weighted by molar-refractivity contribution is 4.82. The molecule has 0 heterocycles. The summed E-state index contributed by atoms with van der Waals surface area (Å²) in [5.74, 6) is -1.06. The molecule has 0 bridgehead atoms. The first-order valence-corrected chi connectivity index (χ1v) is 6.26. The number of alkyl halides is 3. The van der Waals surface area contributed by atoms with E-state index in [4.69, 9.17) is 0 Å². The molecule has 1 atom stereocenters. The fraction of sp³-hybridized carbons (Fsp3) is 1.00. The van der Waals surface area contributed by atoms with Crippen LogP contribution in [0.15, 0.2) is 0 Å². The van der Waals surface area contributed by atoms with Gasteiger partial charge in [-0.3, -0.25) is 0 Å². The van der Waals surface area contributed by atoms with Gasteiger partial charge in [0.25, 0.3) is 0 Å². The summed E-state index contributed by atoms with van der Waals surface area (Å²) in [5.41, 5.74) is 0. The van der Waals surface area contributed by atoms with Crippen LogP contribution in [0.2, 0.25) is 0 Å². The highest BCUT2D eigenvalue weighted by atomic mass is 19.4. The third-order valence-electron chi connectivity index (χ3n) is 3.43. The SMILES string of the molecule is CCCC(C)NC1CCC(C(F)(F)F)CC1. The zero-order valence-electron chi connectivity index (χ0n) is 10.1. The third-order valence-corrected chi connectivity index (χ3v) is 3.43. The van der Waals surface area contributed by atoms with Gasteiger partial charge < -0.3 is 5.32 Å². The monoisotopic (exact) mass is 237 g/mol. The molecule has 1 unspecified atom stereocenters. The summed E-state index contributed by atoms with van der Waals surface area (Å²) in [6.07, 6.45) is 0.141. The largest absolute Gasteiger partial charge is 0.391 e. The van der Waals surface area contributed by atoms with E-state index in [2.05, 4.69) is 19.2 Å². The van der Waals surface area contributed by atoms with Crippen molar-refractivity contribution >= 4 is 0 Å². The molecule has 1 nitrogen and oxygen atoms in total. The van der Waals surface area contributed by atoms with Crippen molar-refractivity contribution in [3.63, 3.8) is 0 Å². The first-order valence-electron chi connectivity index (χ1n) is 6.26. The van der Waals surface area contributed by atoms with Crippen LogP contribution in [0.5, 0.6) is 0 Å². The van der Waals surface area contributed by atoms with Crippen LogP contribution in [0.4, 0.5) is 13.2 Å². The van der Waals surface area contributed by atoms with Crippen LogP contribution in [-0.4, -0.2) is 18.3 Å². The number of rotatable bonds is 4. The third kappa shape index (κ3) is 4.32. The van der Waals surface area contributed by atoms with Crippen molar-refractivity contribution in [3.8, 4) is 0 Å². The molecule has 1 fully saturated rings. The molecule has 0 aromatic heterocycles. The predicted octanol–water partition coefficient (Wildman–Crippen LogP) is 3.89. The second-order valence-corrected chi connectivity index (χ2v) is 4.95. The Bertz CT molecular complexity index is 195. The maximum Gasteiger partial charge on any atom is 0.391 e. The van der Waals surface area contributed by atoms with Crippen molar-refractivity contribution in [2.24, 2.45) is 5.92 Å². The Labute approximate surface area is 95.8 Å². The van der Waals surface area contributed by atoms with E-state index >= 15 is 0 Å². The average Bonchev–Trinajstić information content (AvgIpc) is 2.17. The van der Waals surface area contributed by atoms with Crippen molar-refractivity contribution in [2.75, 3.05) is 0 Å². The molecule has 1 rings (SSSR count). The Morgan fingerprint density at radius 2 is 1.75 bits per heavy atom. The van der Waals surface area contributed by atoms with Crippen LogP contribution in [-0.2, 0) is 0 Å². The van der Waals surface area contributed by atoms with Crippen molar-refractivity contribution in [1.82, 2.24) is 5.32 Å². The van der Waals surface area contributed by atoms with Gasteiger partial charge in [0.15, 0.2) is 0 Å². The van der Waals surface area contributed by atoms with E-state index in [-0.39, 0.29) is 0 Å². The van der Waals surface area contributed by atoms with Crippen LogP contribution < -0.4 is 5.32 Å². The van der Waals surface area contributed by atoms with Gasteiger partial charge in [0.1, 0.15) is 0 Å². The molecule has 96 valence electrons. The van der Waals surface area contributed by atoms with Crippen molar-refractivity contribution in [3.05, 3.63) is 0 Å². The molecule has 16 heavy (non-hydrogen) atoms. The number of nitrogens with one attached hydrogen (secondary N) is 1. The second-order valence-electron chi connectivity index (χ2n) is 4.95. The van der Waals surface area contributed by atoms with E-state index < -0.39 is 12.1 Å². The van der Waals surface area contributed by atoms with E-state index in [1.807, 2.05) is 0 Å². The van der Waals surface area contributed by atoms with Crippen LogP contribution in [0.3, 0.4) is 0 Å². The maximum absolute atomic E-state index is 12.4. The Balaban J connectivity index is 2.27. The standard InChI is InChI=1S/C12H22F3N/c1-3-4-9(2)16-11-7-5-10(6-8-11)12(13,14)15/h9-11,16H,3-8H2,1-2H3. The number of hydrogen-bond donors (Lipinski definition) is 1. The van der Waals surface area contributed by atoms with E-state index in [9.17, 15) is 13.2 Å². The summed E-state index contributed by atoms with van der Waals surface area (Å²) in [7, 11) is 0. The first kappa shape index (κ1) is 13.8. The zero-order valence-corrected chi connectivity index (χ0v) is 10.1. The lowest BCUT2D eigenvalue weighted by Gasteiger charge is -2.32. The van der Waals surface area contributed by atoms with Crippen molar-refractivity contribution in [2.45, 2.75) is 70.6 Å².